The van der Waals surface area contributed by atoms with Crippen molar-refractivity contribution < 1.29 is 0 Å². The van der Waals surface area contributed by atoms with E-state index in [0.717, 1.165) is 5.75 Å². The second kappa shape index (κ2) is 14.7. The molecular formula is C14H32S5. The predicted molar refractivity (Wildman–Crippen MR) is 108 cm³/mol. The van der Waals surface area contributed by atoms with Crippen LogP contribution < -0.4 is 0 Å². The first kappa shape index (κ1) is 20.8. The predicted octanol–water partition coefficient (Wildman–Crippen LogP) is 7.67. The van der Waals surface area contributed by atoms with Crippen molar-refractivity contribution in [2.24, 2.45) is 0 Å². The molecule has 0 bridgehead atoms. The molecule has 0 aromatic rings. The number of unbranched alkanes of at least 4 members (excludes halogenated alkanes) is 11. The Morgan fingerprint density at radius 1 is 0.632 bits per heavy atom. The first-order chi connectivity index (χ1) is 9.06. The van der Waals surface area contributed by atoms with Gasteiger partial charge in [-0.25, -0.2) is 0 Å². The molecule has 0 aliphatic rings. The fourth-order valence-corrected chi connectivity index (χ4v) is 5.70. The van der Waals surface area contributed by atoms with Gasteiger partial charge in [0.2, 0.25) is 0 Å². The summed E-state index contributed by atoms with van der Waals surface area (Å²) < 4.78 is 0. The van der Waals surface area contributed by atoms with Gasteiger partial charge in [-0.05, 0) is 6.42 Å². The van der Waals surface area contributed by atoms with Crippen LogP contribution >= 0.6 is 51.9 Å². The molecule has 118 valence electrons. The van der Waals surface area contributed by atoms with Gasteiger partial charge in [0.1, 0.15) is 0 Å². The van der Waals surface area contributed by atoms with E-state index in [1.807, 2.05) is 0 Å². The van der Waals surface area contributed by atoms with Crippen molar-refractivity contribution in [3.8, 4) is 0 Å². The summed E-state index contributed by atoms with van der Waals surface area (Å²) >= 11 is 13.0. The minimum Gasteiger partial charge on any atom is -0.102 e. The molecule has 5 heteroatoms. The summed E-state index contributed by atoms with van der Waals surface area (Å²) in [5.74, 6) is 1.16. The highest BCUT2D eigenvalue weighted by Gasteiger charge is 2.06. The zero-order valence-corrected chi connectivity index (χ0v) is 16.7. The maximum Gasteiger partial charge on any atom is 0.00443 e. The maximum absolute atomic E-state index is 4.34. The minimum absolute atomic E-state index is 1.16. The standard InChI is InChI=1S/C14H32S5/c1-2-3-4-5-6-7-8-9-10-11-12-13-14-18-19(15,16)17/h15-17H,2-14H2,1H3. The summed E-state index contributed by atoms with van der Waals surface area (Å²) in [7, 11) is 1.79. The molecule has 0 aromatic heterocycles. The Balaban J connectivity index is 2.99. The summed E-state index contributed by atoms with van der Waals surface area (Å²) in [5.41, 5.74) is 0. The van der Waals surface area contributed by atoms with Crippen molar-refractivity contribution in [1.82, 2.24) is 0 Å². The lowest BCUT2D eigenvalue weighted by Gasteiger charge is -2.19. The quantitative estimate of drug-likeness (QED) is 0.162. The van der Waals surface area contributed by atoms with Crippen LogP contribution in [0.2, 0.25) is 0 Å². The van der Waals surface area contributed by atoms with Gasteiger partial charge in [-0.15, -0.1) is 35.0 Å². The fraction of sp³-hybridized carbons (Fsp3) is 1.00. The van der Waals surface area contributed by atoms with E-state index in [0.29, 0.717) is 0 Å². The Morgan fingerprint density at radius 2 is 1.00 bits per heavy atom. The lowest BCUT2D eigenvalue weighted by atomic mass is 10.1. The average molecular weight is 361 g/mol. The van der Waals surface area contributed by atoms with Gasteiger partial charge in [-0.2, -0.15) is 0 Å². The van der Waals surface area contributed by atoms with Gasteiger partial charge in [0.05, 0.1) is 0 Å². The zero-order valence-electron chi connectivity index (χ0n) is 12.4. The lowest BCUT2D eigenvalue weighted by Crippen LogP contribution is -1.84. The summed E-state index contributed by atoms with van der Waals surface area (Å²) in [6, 6.07) is 0. The number of hydrogen-bond acceptors (Lipinski definition) is 4. The molecule has 0 fully saturated rings. The SMILES string of the molecule is CCCCCCCCCCCCCCSS(S)(S)S. The van der Waals surface area contributed by atoms with Gasteiger partial charge in [0.25, 0.3) is 0 Å². The van der Waals surface area contributed by atoms with Crippen molar-refractivity contribution in [1.29, 1.82) is 0 Å². The normalized spacial score (nSPS) is 12.8. The highest BCUT2D eigenvalue weighted by Crippen LogP contribution is 2.71. The molecule has 0 saturated carbocycles. The van der Waals surface area contributed by atoms with Gasteiger partial charge in [0, 0.05) is 5.75 Å². The van der Waals surface area contributed by atoms with E-state index >= 15 is 0 Å². The van der Waals surface area contributed by atoms with Crippen LogP contribution in [-0.2, 0) is 0 Å². The summed E-state index contributed by atoms with van der Waals surface area (Å²) in [6.07, 6.45) is 15.7. The van der Waals surface area contributed by atoms with Gasteiger partial charge in [0.15, 0.2) is 0 Å². The number of rotatable bonds is 14. The summed E-state index contributed by atoms with van der Waals surface area (Å²) in [4.78, 5) is 0. The van der Waals surface area contributed by atoms with E-state index in [-0.39, 0.29) is 0 Å². The van der Waals surface area contributed by atoms with E-state index in [9.17, 15) is 0 Å². The Bertz CT molecular complexity index is 179. The van der Waals surface area contributed by atoms with E-state index in [1.54, 1.807) is 10.8 Å². The molecule has 0 radical (unpaired) electrons. The molecule has 0 saturated heterocycles. The highest BCUT2D eigenvalue weighted by atomic mass is 34.1. The van der Waals surface area contributed by atoms with Crippen molar-refractivity contribution >= 4 is 51.9 Å². The van der Waals surface area contributed by atoms with Crippen LogP contribution in [0.4, 0.5) is 0 Å². The fourth-order valence-electron chi connectivity index (χ4n) is 2.11. The number of hydrogen-bond donors (Lipinski definition) is 3. The molecule has 0 aliphatic heterocycles. The van der Waals surface area contributed by atoms with Gasteiger partial charge >= 0.3 is 0 Å². The van der Waals surface area contributed by atoms with E-state index in [1.165, 1.54) is 77.0 Å². The summed E-state index contributed by atoms with van der Waals surface area (Å²) in [5, 5.41) is 0. The highest BCUT2D eigenvalue weighted by molar-refractivity contribution is 9.61. The lowest BCUT2D eigenvalue weighted by molar-refractivity contribution is 0.548. The molecule has 0 amide bonds. The second-order valence-corrected chi connectivity index (χ2v) is 18.7. The molecule has 19 heavy (non-hydrogen) atoms. The topological polar surface area (TPSA) is 0 Å². The molecule has 0 nitrogen and oxygen atoms in total. The van der Waals surface area contributed by atoms with Gasteiger partial charge < -0.3 is 0 Å². The number of thiol groups is 3. The molecule has 0 aromatic carbocycles. The third-order valence-electron chi connectivity index (χ3n) is 3.24. The first-order valence-corrected chi connectivity index (χ1v) is 14.0. The monoisotopic (exact) mass is 360 g/mol. The largest absolute Gasteiger partial charge is 0.102 e. The first-order valence-electron chi connectivity index (χ1n) is 7.71. The second-order valence-electron chi connectivity index (χ2n) is 5.18. The van der Waals surface area contributed by atoms with Crippen molar-refractivity contribution in [3.63, 3.8) is 0 Å². The van der Waals surface area contributed by atoms with E-state index in [4.69, 9.17) is 0 Å². The van der Waals surface area contributed by atoms with Crippen LogP contribution in [0.3, 0.4) is 0 Å². The average Bonchev–Trinajstić information content (AvgIpc) is 2.34. The Hall–Kier alpha value is 1.75. The van der Waals surface area contributed by atoms with Crippen molar-refractivity contribution in [2.45, 2.75) is 84.0 Å². The molecule has 0 unspecified atom stereocenters. The molecule has 0 spiro atoms. The Kier molecular flexibility index (Phi) is 16.0. The molecular weight excluding hydrogens is 328 g/mol. The molecule has 0 N–H and O–H groups in total. The third-order valence-corrected chi connectivity index (χ3v) is 8.31. The molecule has 0 rings (SSSR count). The molecule has 0 aliphatic carbocycles. The molecule has 0 atom stereocenters. The van der Waals surface area contributed by atoms with Crippen LogP contribution in [-0.4, -0.2) is 5.75 Å². The van der Waals surface area contributed by atoms with E-state index in [2.05, 4.69) is 41.9 Å². The zero-order chi connectivity index (χ0) is 14.4. The Morgan fingerprint density at radius 3 is 1.37 bits per heavy atom. The molecule has 0 heterocycles. The Labute approximate surface area is 141 Å². The maximum atomic E-state index is 4.34. The minimum atomic E-state index is -1.24. The van der Waals surface area contributed by atoms with Crippen molar-refractivity contribution in [2.75, 3.05) is 5.75 Å². The van der Waals surface area contributed by atoms with Crippen LogP contribution in [0.25, 0.3) is 0 Å². The van der Waals surface area contributed by atoms with E-state index < -0.39 is 6.16 Å². The van der Waals surface area contributed by atoms with Crippen LogP contribution in [0, 0.1) is 0 Å². The third kappa shape index (κ3) is 19.8. The van der Waals surface area contributed by atoms with Crippen LogP contribution in [0.5, 0.6) is 0 Å². The summed E-state index contributed by atoms with van der Waals surface area (Å²) in [6.45, 7) is 2.28. The van der Waals surface area contributed by atoms with Crippen LogP contribution in [0.15, 0.2) is 0 Å². The van der Waals surface area contributed by atoms with Gasteiger partial charge in [-0.3, -0.25) is 0 Å². The van der Waals surface area contributed by atoms with Gasteiger partial charge in [-0.1, -0.05) is 94.5 Å². The van der Waals surface area contributed by atoms with Crippen molar-refractivity contribution in [3.05, 3.63) is 0 Å². The van der Waals surface area contributed by atoms with Crippen LogP contribution in [0.1, 0.15) is 84.0 Å². The smallest absolute Gasteiger partial charge is 0.00443 e.